The van der Waals surface area contributed by atoms with Crippen LogP contribution in [0.3, 0.4) is 0 Å². The molecule has 4 rings (SSSR count). The van der Waals surface area contributed by atoms with E-state index in [-0.39, 0.29) is 24.4 Å². The highest BCUT2D eigenvalue weighted by atomic mass is 16.5. The molecular weight excluding hydrogens is 366 g/mol. The summed E-state index contributed by atoms with van der Waals surface area (Å²) in [5, 5.41) is 6.71. The number of nitrogens with zero attached hydrogens (tertiary/aromatic N) is 1. The maximum absolute atomic E-state index is 13.3. The van der Waals surface area contributed by atoms with E-state index < -0.39 is 6.10 Å². The first-order valence-corrected chi connectivity index (χ1v) is 11.2. The molecule has 3 aliphatic heterocycles. The number of amides is 2. The SMILES string of the molecule is CCC(CC)NC(=O)C1CN(C(=O)CC2CC3CCC(C2)N3)c2ccccc2O1. The molecule has 0 aromatic heterocycles. The average Bonchev–Trinajstić information content (AvgIpc) is 3.08. The van der Waals surface area contributed by atoms with Gasteiger partial charge in [-0.15, -0.1) is 0 Å². The Balaban J connectivity index is 1.47. The molecular formula is C23H33N3O3. The minimum absolute atomic E-state index is 0.104. The lowest BCUT2D eigenvalue weighted by Gasteiger charge is -2.36. The Hall–Kier alpha value is -2.08. The molecule has 0 saturated carbocycles. The van der Waals surface area contributed by atoms with Crippen LogP contribution in [0.15, 0.2) is 24.3 Å². The smallest absolute Gasteiger partial charge is 0.263 e. The number of piperidine rings is 1. The molecule has 0 radical (unpaired) electrons. The monoisotopic (exact) mass is 399 g/mol. The first kappa shape index (κ1) is 20.2. The van der Waals surface area contributed by atoms with Crippen LogP contribution in [0.1, 0.15) is 58.8 Å². The number of rotatable bonds is 6. The Morgan fingerprint density at radius 1 is 1.17 bits per heavy atom. The van der Waals surface area contributed by atoms with Gasteiger partial charge in [-0.3, -0.25) is 9.59 Å². The summed E-state index contributed by atoms with van der Waals surface area (Å²) in [7, 11) is 0. The van der Waals surface area contributed by atoms with Gasteiger partial charge in [0.05, 0.1) is 12.2 Å². The van der Waals surface area contributed by atoms with Crippen LogP contribution in [-0.4, -0.2) is 42.6 Å². The lowest BCUT2D eigenvalue weighted by atomic mass is 9.89. The number of benzene rings is 1. The van der Waals surface area contributed by atoms with Gasteiger partial charge in [0.25, 0.3) is 5.91 Å². The van der Waals surface area contributed by atoms with Crippen LogP contribution in [-0.2, 0) is 9.59 Å². The highest BCUT2D eigenvalue weighted by Gasteiger charge is 2.38. The van der Waals surface area contributed by atoms with E-state index in [1.807, 2.05) is 24.3 Å². The largest absolute Gasteiger partial charge is 0.477 e. The Morgan fingerprint density at radius 3 is 2.55 bits per heavy atom. The summed E-state index contributed by atoms with van der Waals surface area (Å²) < 4.78 is 5.98. The van der Waals surface area contributed by atoms with Crippen molar-refractivity contribution >= 4 is 17.5 Å². The van der Waals surface area contributed by atoms with E-state index in [9.17, 15) is 9.59 Å². The van der Waals surface area contributed by atoms with Crippen molar-refractivity contribution in [1.29, 1.82) is 0 Å². The first-order valence-electron chi connectivity index (χ1n) is 11.2. The van der Waals surface area contributed by atoms with Gasteiger partial charge in [0.15, 0.2) is 6.10 Å². The van der Waals surface area contributed by atoms with Crippen LogP contribution in [0.2, 0.25) is 0 Å². The lowest BCUT2D eigenvalue weighted by molar-refractivity contribution is -0.129. The number of ether oxygens (including phenoxy) is 1. The molecule has 1 aromatic rings. The molecule has 0 spiro atoms. The van der Waals surface area contributed by atoms with E-state index in [1.165, 1.54) is 12.8 Å². The molecule has 6 nitrogen and oxygen atoms in total. The van der Waals surface area contributed by atoms with Gasteiger partial charge in [-0.05, 0) is 56.6 Å². The van der Waals surface area contributed by atoms with Crippen molar-refractivity contribution in [2.75, 3.05) is 11.4 Å². The standard InChI is InChI=1S/C23H33N3O3/c1-3-16(4-2)25-23(28)21-14-26(19-7-5-6-8-20(19)29-21)22(27)13-15-11-17-9-10-18(12-15)24-17/h5-8,15-18,21,24H,3-4,9-14H2,1-2H3,(H,25,28). The van der Waals surface area contributed by atoms with E-state index in [2.05, 4.69) is 24.5 Å². The van der Waals surface area contributed by atoms with Crippen molar-refractivity contribution in [3.05, 3.63) is 24.3 Å². The van der Waals surface area contributed by atoms with Crippen molar-refractivity contribution in [2.24, 2.45) is 5.92 Å². The van der Waals surface area contributed by atoms with E-state index in [0.29, 0.717) is 30.2 Å². The van der Waals surface area contributed by atoms with Crippen molar-refractivity contribution in [1.82, 2.24) is 10.6 Å². The third kappa shape index (κ3) is 4.42. The van der Waals surface area contributed by atoms with Crippen molar-refractivity contribution < 1.29 is 14.3 Å². The van der Waals surface area contributed by atoms with Crippen LogP contribution in [0, 0.1) is 5.92 Å². The van der Waals surface area contributed by atoms with E-state index in [4.69, 9.17) is 4.74 Å². The molecule has 0 aliphatic carbocycles. The maximum Gasteiger partial charge on any atom is 0.263 e. The van der Waals surface area contributed by atoms with Gasteiger partial charge in [0.2, 0.25) is 5.91 Å². The molecule has 2 amide bonds. The van der Waals surface area contributed by atoms with Gasteiger partial charge in [0, 0.05) is 24.5 Å². The predicted molar refractivity (Wildman–Crippen MR) is 113 cm³/mol. The number of carbonyl (C=O) groups excluding carboxylic acids is 2. The fourth-order valence-electron chi connectivity index (χ4n) is 5.09. The molecule has 6 heteroatoms. The maximum atomic E-state index is 13.3. The molecule has 3 atom stereocenters. The number of hydrogen-bond acceptors (Lipinski definition) is 4. The second-order valence-corrected chi connectivity index (χ2v) is 8.78. The number of hydrogen-bond donors (Lipinski definition) is 2. The van der Waals surface area contributed by atoms with Crippen LogP contribution < -0.4 is 20.3 Å². The van der Waals surface area contributed by atoms with Gasteiger partial charge in [-0.25, -0.2) is 0 Å². The van der Waals surface area contributed by atoms with Crippen molar-refractivity contribution in [3.8, 4) is 5.75 Å². The van der Waals surface area contributed by atoms with E-state index in [1.54, 1.807) is 4.90 Å². The van der Waals surface area contributed by atoms with Crippen LogP contribution in [0.5, 0.6) is 5.75 Å². The number of para-hydroxylation sites is 2. The summed E-state index contributed by atoms with van der Waals surface area (Å²) >= 11 is 0. The van der Waals surface area contributed by atoms with Gasteiger partial charge >= 0.3 is 0 Å². The molecule has 2 N–H and O–H groups in total. The van der Waals surface area contributed by atoms with Gasteiger partial charge in [-0.2, -0.15) is 0 Å². The molecule has 3 heterocycles. The van der Waals surface area contributed by atoms with E-state index in [0.717, 1.165) is 31.4 Å². The minimum Gasteiger partial charge on any atom is -0.477 e. The number of nitrogens with one attached hydrogen (secondary N) is 2. The van der Waals surface area contributed by atoms with Crippen molar-refractivity contribution in [3.63, 3.8) is 0 Å². The highest BCUT2D eigenvalue weighted by Crippen LogP contribution is 2.36. The van der Waals surface area contributed by atoms with Crippen LogP contribution in [0.25, 0.3) is 0 Å². The first-order chi connectivity index (χ1) is 14.1. The lowest BCUT2D eigenvalue weighted by Crippen LogP contribution is -2.52. The average molecular weight is 400 g/mol. The number of fused-ring (bicyclic) bond motifs is 3. The molecule has 3 unspecified atom stereocenters. The molecule has 2 saturated heterocycles. The normalized spacial score (nSPS) is 28.0. The fraction of sp³-hybridized carbons (Fsp3) is 0.652. The van der Waals surface area contributed by atoms with E-state index >= 15 is 0 Å². The predicted octanol–water partition coefficient (Wildman–Crippen LogP) is 3.01. The highest BCUT2D eigenvalue weighted by molar-refractivity contribution is 5.97. The summed E-state index contributed by atoms with van der Waals surface area (Å²) in [6.45, 7) is 4.40. The third-order valence-corrected chi connectivity index (χ3v) is 6.73. The van der Waals surface area contributed by atoms with Crippen LogP contribution in [0.4, 0.5) is 5.69 Å². The number of carbonyl (C=O) groups is 2. The zero-order valence-electron chi connectivity index (χ0n) is 17.5. The van der Waals surface area contributed by atoms with Crippen LogP contribution >= 0.6 is 0 Å². The second kappa shape index (κ2) is 8.74. The summed E-state index contributed by atoms with van der Waals surface area (Å²) in [6, 6.07) is 8.83. The molecule has 29 heavy (non-hydrogen) atoms. The zero-order chi connectivity index (χ0) is 20.4. The minimum atomic E-state index is -0.668. The summed E-state index contributed by atoms with van der Waals surface area (Å²) in [5.74, 6) is 1.01. The zero-order valence-corrected chi connectivity index (χ0v) is 17.5. The second-order valence-electron chi connectivity index (χ2n) is 8.78. The Bertz CT molecular complexity index is 737. The fourth-order valence-corrected chi connectivity index (χ4v) is 5.09. The number of anilines is 1. The Morgan fingerprint density at radius 2 is 1.86 bits per heavy atom. The molecule has 2 fully saturated rings. The summed E-state index contributed by atoms with van der Waals surface area (Å²) in [6.07, 6.45) is 6.25. The Kier molecular flexibility index (Phi) is 6.09. The van der Waals surface area contributed by atoms with Gasteiger partial charge in [0.1, 0.15) is 5.75 Å². The Labute approximate surface area is 173 Å². The van der Waals surface area contributed by atoms with Gasteiger partial charge in [-0.1, -0.05) is 26.0 Å². The summed E-state index contributed by atoms with van der Waals surface area (Å²) in [4.78, 5) is 27.9. The third-order valence-electron chi connectivity index (χ3n) is 6.73. The molecule has 1 aromatic carbocycles. The molecule has 3 aliphatic rings. The molecule has 2 bridgehead atoms. The summed E-state index contributed by atoms with van der Waals surface area (Å²) in [5.41, 5.74) is 0.779. The van der Waals surface area contributed by atoms with Gasteiger partial charge < -0.3 is 20.3 Å². The topological polar surface area (TPSA) is 70.7 Å². The quantitative estimate of drug-likeness (QED) is 0.771. The van der Waals surface area contributed by atoms with Crippen molar-refractivity contribution in [2.45, 2.75) is 83.0 Å². The molecule has 158 valence electrons.